The highest BCUT2D eigenvalue weighted by atomic mass is 16.5. The molecule has 0 bridgehead atoms. The standard InChI is InChI=1S/C26H24O2/c1-3-27-25-17-13-19-9-5-7-11-21(19)23(25)15-16-24-22-12-8-6-10-20(22)14-18-26(24)28-4-2/h5-18H,3-4H2,1-2H3/b16-15+. The van der Waals surface area contributed by atoms with Gasteiger partial charge in [-0.1, -0.05) is 60.7 Å². The van der Waals surface area contributed by atoms with Gasteiger partial charge < -0.3 is 9.47 Å². The van der Waals surface area contributed by atoms with E-state index in [4.69, 9.17) is 9.47 Å². The summed E-state index contributed by atoms with van der Waals surface area (Å²) in [5.41, 5.74) is 2.19. The molecule has 0 aliphatic heterocycles. The quantitative estimate of drug-likeness (QED) is 0.342. The molecule has 140 valence electrons. The van der Waals surface area contributed by atoms with Gasteiger partial charge in [-0.05, 0) is 59.7 Å². The summed E-state index contributed by atoms with van der Waals surface area (Å²) in [6, 6.07) is 25.1. The lowest BCUT2D eigenvalue weighted by Crippen LogP contribution is -1.96. The molecule has 0 saturated carbocycles. The van der Waals surface area contributed by atoms with E-state index in [1.807, 2.05) is 13.8 Å². The third kappa shape index (κ3) is 3.46. The molecular formula is C26H24O2. The molecule has 2 nitrogen and oxygen atoms in total. The number of benzene rings is 4. The third-order valence-corrected chi connectivity index (χ3v) is 4.88. The third-order valence-electron chi connectivity index (χ3n) is 4.88. The van der Waals surface area contributed by atoms with Gasteiger partial charge in [0, 0.05) is 11.1 Å². The van der Waals surface area contributed by atoms with Gasteiger partial charge in [-0.15, -0.1) is 0 Å². The minimum atomic E-state index is 0.637. The number of ether oxygens (including phenoxy) is 2. The van der Waals surface area contributed by atoms with Crippen LogP contribution in [-0.2, 0) is 0 Å². The Morgan fingerprint density at radius 2 is 1.00 bits per heavy atom. The Hall–Kier alpha value is -3.26. The molecule has 0 aliphatic carbocycles. The SMILES string of the molecule is CCOc1ccc2ccccc2c1/C=C/c1c(OCC)ccc2ccccc12. The summed E-state index contributed by atoms with van der Waals surface area (Å²) < 4.78 is 11.8. The lowest BCUT2D eigenvalue weighted by molar-refractivity contribution is 0.339. The fourth-order valence-electron chi connectivity index (χ4n) is 3.62. The molecule has 28 heavy (non-hydrogen) atoms. The van der Waals surface area contributed by atoms with E-state index in [0.717, 1.165) is 22.6 Å². The van der Waals surface area contributed by atoms with Crippen molar-refractivity contribution in [3.63, 3.8) is 0 Å². The molecule has 0 fully saturated rings. The van der Waals surface area contributed by atoms with Crippen molar-refractivity contribution in [1.29, 1.82) is 0 Å². The van der Waals surface area contributed by atoms with Gasteiger partial charge in [-0.25, -0.2) is 0 Å². The second-order valence-electron chi connectivity index (χ2n) is 6.60. The number of fused-ring (bicyclic) bond motifs is 2. The zero-order valence-electron chi connectivity index (χ0n) is 16.3. The van der Waals surface area contributed by atoms with Crippen molar-refractivity contribution < 1.29 is 9.47 Å². The zero-order chi connectivity index (χ0) is 19.3. The van der Waals surface area contributed by atoms with E-state index < -0.39 is 0 Å². The number of rotatable bonds is 6. The minimum absolute atomic E-state index is 0.637. The Labute approximate surface area is 166 Å². The van der Waals surface area contributed by atoms with Gasteiger partial charge >= 0.3 is 0 Å². The van der Waals surface area contributed by atoms with Crippen LogP contribution in [0.2, 0.25) is 0 Å². The van der Waals surface area contributed by atoms with Crippen LogP contribution in [0.1, 0.15) is 25.0 Å². The van der Waals surface area contributed by atoms with Crippen molar-refractivity contribution in [2.24, 2.45) is 0 Å². The molecule has 4 aromatic carbocycles. The summed E-state index contributed by atoms with van der Waals surface area (Å²) in [6.07, 6.45) is 4.30. The van der Waals surface area contributed by atoms with Gasteiger partial charge in [-0.3, -0.25) is 0 Å². The van der Waals surface area contributed by atoms with Crippen molar-refractivity contribution in [2.75, 3.05) is 13.2 Å². The molecule has 0 unspecified atom stereocenters. The predicted molar refractivity (Wildman–Crippen MR) is 119 cm³/mol. The number of hydrogen-bond acceptors (Lipinski definition) is 2. The summed E-state index contributed by atoms with van der Waals surface area (Å²) in [6.45, 7) is 5.30. The Bertz CT molecular complexity index is 1050. The van der Waals surface area contributed by atoms with Gasteiger partial charge in [0.2, 0.25) is 0 Å². The highest BCUT2D eigenvalue weighted by Gasteiger charge is 2.09. The zero-order valence-corrected chi connectivity index (χ0v) is 16.3. The molecule has 0 amide bonds. The van der Waals surface area contributed by atoms with Crippen LogP contribution in [0.25, 0.3) is 33.7 Å². The first kappa shape index (κ1) is 18.1. The molecule has 0 radical (unpaired) electrons. The van der Waals surface area contributed by atoms with Crippen molar-refractivity contribution in [1.82, 2.24) is 0 Å². The maximum absolute atomic E-state index is 5.92. The highest BCUT2D eigenvalue weighted by molar-refractivity contribution is 5.99. The van der Waals surface area contributed by atoms with E-state index in [9.17, 15) is 0 Å². The van der Waals surface area contributed by atoms with Crippen LogP contribution in [0.15, 0.2) is 72.8 Å². The van der Waals surface area contributed by atoms with Gasteiger partial charge in [-0.2, -0.15) is 0 Å². The van der Waals surface area contributed by atoms with Crippen LogP contribution in [0.4, 0.5) is 0 Å². The maximum atomic E-state index is 5.92. The molecule has 0 N–H and O–H groups in total. The monoisotopic (exact) mass is 368 g/mol. The van der Waals surface area contributed by atoms with E-state index in [1.54, 1.807) is 0 Å². The lowest BCUT2D eigenvalue weighted by Gasteiger charge is -2.13. The average molecular weight is 368 g/mol. The molecule has 0 heterocycles. The van der Waals surface area contributed by atoms with Gasteiger partial charge in [0.05, 0.1) is 13.2 Å². The van der Waals surface area contributed by atoms with Gasteiger partial charge in [0.1, 0.15) is 11.5 Å². The normalized spacial score (nSPS) is 11.4. The predicted octanol–water partition coefficient (Wildman–Crippen LogP) is 6.96. The van der Waals surface area contributed by atoms with Crippen LogP contribution < -0.4 is 9.47 Å². The second-order valence-corrected chi connectivity index (χ2v) is 6.60. The lowest BCUT2D eigenvalue weighted by atomic mass is 9.99. The van der Waals surface area contributed by atoms with Crippen LogP contribution in [0.3, 0.4) is 0 Å². The summed E-state index contributed by atoms with van der Waals surface area (Å²) in [7, 11) is 0. The average Bonchev–Trinajstić information content (AvgIpc) is 2.74. The molecule has 0 atom stereocenters. The highest BCUT2D eigenvalue weighted by Crippen LogP contribution is 2.33. The van der Waals surface area contributed by atoms with E-state index in [0.29, 0.717) is 13.2 Å². The van der Waals surface area contributed by atoms with Gasteiger partial charge in [0.15, 0.2) is 0 Å². The van der Waals surface area contributed by atoms with Crippen molar-refractivity contribution in [2.45, 2.75) is 13.8 Å². The Morgan fingerprint density at radius 1 is 0.571 bits per heavy atom. The molecular weight excluding hydrogens is 344 g/mol. The summed E-state index contributed by atoms with van der Waals surface area (Å²) in [4.78, 5) is 0. The van der Waals surface area contributed by atoms with E-state index in [-0.39, 0.29) is 0 Å². The topological polar surface area (TPSA) is 18.5 Å². The van der Waals surface area contributed by atoms with Crippen LogP contribution in [-0.4, -0.2) is 13.2 Å². The van der Waals surface area contributed by atoms with E-state index >= 15 is 0 Å². The van der Waals surface area contributed by atoms with Crippen LogP contribution in [0, 0.1) is 0 Å². The molecule has 0 aromatic heterocycles. The summed E-state index contributed by atoms with van der Waals surface area (Å²) in [5, 5.41) is 4.77. The fraction of sp³-hybridized carbons (Fsp3) is 0.154. The van der Waals surface area contributed by atoms with Crippen LogP contribution in [0.5, 0.6) is 11.5 Å². The fourth-order valence-corrected chi connectivity index (χ4v) is 3.62. The maximum Gasteiger partial charge on any atom is 0.127 e. The van der Waals surface area contributed by atoms with Gasteiger partial charge in [0.25, 0.3) is 0 Å². The molecule has 0 saturated heterocycles. The summed E-state index contributed by atoms with van der Waals surface area (Å²) in [5.74, 6) is 1.80. The second kappa shape index (κ2) is 8.18. The first-order chi connectivity index (χ1) is 13.8. The molecule has 0 spiro atoms. The van der Waals surface area contributed by atoms with E-state index in [2.05, 4.69) is 84.9 Å². The van der Waals surface area contributed by atoms with Crippen LogP contribution >= 0.6 is 0 Å². The molecule has 2 heteroatoms. The Kier molecular flexibility index (Phi) is 5.29. The smallest absolute Gasteiger partial charge is 0.127 e. The largest absolute Gasteiger partial charge is 0.493 e. The molecule has 4 rings (SSSR count). The minimum Gasteiger partial charge on any atom is -0.493 e. The summed E-state index contributed by atoms with van der Waals surface area (Å²) >= 11 is 0. The first-order valence-electron chi connectivity index (χ1n) is 9.79. The van der Waals surface area contributed by atoms with Crippen molar-refractivity contribution in [3.05, 3.63) is 83.9 Å². The molecule has 4 aromatic rings. The Morgan fingerprint density at radius 3 is 1.43 bits per heavy atom. The van der Waals surface area contributed by atoms with Crippen molar-refractivity contribution >= 4 is 33.7 Å². The molecule has 0 aliphatic rings. The van der Waals surface area contributed by atoms with E-state index in [1.165, 1.54) is 21.5 Å². The number of hydrogen-bond donors (Lipinski definition) is 0. The van der Waals surface area contributed by atoms with Crippen molar-refractivity contribution in [3.8, 4) is 11.5 Å². The Balaban J connectivity index is 1.90. The first-order valence-corrected chi connectivity index (χ1v) is 9.79.